The molecule has 3 aromatic rings. The van der Waals surface area contributed by atoms with Crippen molar-refractivity contribution in [2.24, 2.45) is 0 Å². The van der Waals surface area contributed by atoms with Gasteiger partial charge in [-0.15, -0.1) is 0 Å². The van der Waals surface area contributed by atoms with Gasteiger partial charge in [0.15, 0.2) is 5.15 Å². The fourth-order valence-electron chi connectivity index (χ4n) is 2.05. The fourth-order valence-corrected chi connectivity index (χ4v) is 2.55. The molecule has 0 bridgehead atoms. The number of aromatic nitrogens is 2. The van der Waals surface area contributed by atoms with Crippen LogP contribution in [0.4, 0.5) is 5.69 Å². The third-order valence-corrected chi connectivity index (χ3v) is 3.75. The van der Waals surface area contributed by atoms with Crippen LogP contribution in [-0.4, -0.2) is 9.97 Å². The van der Waals surface area contributed by atoms with Gasteiger partial charge in [-0.25, -0.2) is 4.98 Å². The van der Waals surface area contributed by atoms with Crippen LogP contribution in [0.2, 0.25) is 5.15 Å². The Morgan fingerprint density at radius 1 is 1.15 bits per heavy atom. The molecule has 0 aliphatic carbocycles. The van der Waals surface area contributed by atoms with Crippen LogP contribution in [0.25, 0.3) is 10.9 Å². The second-order valence-electron chi connectivity index (χ2n) is 4.33. The molecule has 0 saturated heterocycles. The van der Waals surface area contributed by atoms with Crippen molar-refractivity contribution in [3.8, 4) is 0 Å². The Hall–Kier alpha value is -1.65. The molecule has 3 rings (SSSR count). The summed E-state index contributed by atoms with van der Waals surface area (Å²) in [6.07, 6.45) is 3.50. The summed E-state index contributed by atoms with van der Waals surface area (Å²) >= 11 is 9.47. The molecule has 3 nitrogen and oxygen atoms in total. The van der Waals surface area contributed by atoms with E-state index in [-0.39, 0.29) is 0 Å². The average Bonchev–Trinajstić information content (AvgIpc) is 2.48. The van der Waals surface area contributed by atoms with Crippen LogP contribution in [0.3, 0.4) is 0 Å². The van der Waals surface area contributed by atoms with E-state index in [0.29, 0.717) is 11.7 Å². The zero-order valence-corrected chi connectivity index (χ0v) is 12.8. The van der Waals surface area contributed by atoms with Gasteiger partial charge in [0.05, 0.1) is 11.2 Å². The molecule has 20 heavy (non-hydrogen) atoms. The molecule has 2 heterocycles. The molecule has 1 N–H and O–H groups in total. The number of nitrogens with zero attached hydrogens (tertiary/aromatic N) is 2. The standard InChI is InChI=1S/C15H11BrClN3/c16-11-7-14(15(17)20-9-11)19-8-10-5-6-18-13-4-2-1-3-12(10)13/h1-7,9,19H,8H2. The molecular formula is C15H11BrClN3. The average molecular weight is 349 g/mol. The molecule has 0 unspecified atom stereocenters. The summed E-state index contributed by atoms with van der Waals surface area (Å²) in [6, 6.07) is 12.0. The van der Waals surface area contributed by atoms with Crippen molar-refractivity contribution >= 4 is 44.1 Å². The molecule has 0 spiro atoms. The molecule has 0 radical (unpaired) electrons. The number of rotatable bonds is 3. The van der Waals surface area contributed by atoms with Gasteiger partial charge in [0, 0.05) is 28.8 Å². The Bertz CT molecular complexity index is 756. The number of fused-ring (bicyclic) bond motifs is 1. The van der Waals surface area contributed by atoms with Crippen molar-refractivity contribution in [1.82, 2.24) is 9.97 Å². The van der Waals surface area contributed by atoms with Gasteiger partial charge in [-0.3, -0.25) is 4.98 Å². The van der Waals surface area contributed by atoms with Gasteiger partial charge in [0.1, 0.15) is 0 Å². The minimum Gasteiger partial charge on any atom is -0.378 e. The number of pyridine rings is 2. The molecule has 0 aliphatic rings. The normalized spacial score (nSPS) is 10.7. The van der Waals surface area contributed by atoms with Crippen LogP contribution >= 0.6 is 27.5 Å². The van der Waals surface area contributed by atoms with Crippen molar-refractivity contribution < 1.29 is 0 Å². The van der Waals surface area contributed by atoms with E-state index in [1.54, 1.807) is 6.20 Å². The van der Waals surface area contributed by atoms with E-state index in [1.165, 1.54) is 5.56 Å². The third-order valence-electron chi connectivity index (χ3n) is 3.01. The first-order chi connectivity index (χ1) is 9.74. The van der Waals surface area contributed by atoms with E-state index in [1.807, 2.05) is 36.5 Å². The quantitative estimate of drug-likeness (QED) is 0.700. The predicted octanol–water partition coefficient (Wildman–Crippen LogP) is 4.66. The molecule has 1 aromatic carbocycles. The van der Waals surface area contributed by atoms with Crippen molar-refractivity contribution in [2.75, 3.05) is 5.32 Å². The minimum absolute atomic E-state index is 0.464. The molecule has 0 saturated carbocycles. The van der Waals surface area contributed by atoms with E-state index >= 15 is 0 Å². The third kappa shape index (κ3) is 2.76. The molecule has 0 amide bonds. The van der Waals surface area contributed by atoms with E-state index < -0.39 is 0 Å². The first-order valence-corrected chi connectivity index (χ1v) is 7.29. The highest BCUT2D eigenvalue weighted by molar-refractivity contribution is 9.10. The zero-order chi connectivity index (χ0) is 13.9. The fraction of sp³-hybridized carbons (Fsp3) is 0.0667. The molecule has 0 fully saturated rings. The van der Waals surface area contributed by atoms with Crippen molar-refractivity contribution in [2.45, 2.75) is 6.54 Å². The van der Waals surface area contributed by atoms with Crippen molar-refractivity contribution in [3.05, 3.63) is 64.0 Å². The van der Waals surface area contributed by atoms with Crippen LogP contribution in [0.1, 0.15) is 5.56 Å². The summed E-state index contributed by atoms with van der Waals surface area (Å²) < 4.78 is 0.893. The maximum Gasteiger partial charge on any atom is 0.152 e. The lowest BCUT2D eigenvalue weighted by Crippen LogP contribution is -2.01. The van der Waals surface area contributed by atoms with E-state index in [0.717, 1.165) is 21.1 Å². The number of nitrogens with one attached hydrogen (secondary N) is 1. The summed E-state index contributed by atoms with van der Waals surface area (Å²) in [7, 11) is 0. The van der Waals surface area contributed by atoms with Gasteiger partial charge in [-0.2, -0.15) is 0 Å². The maximum absolute atomic E-state index is 6.07. The van der Waals surface area contributed by atoms with Crippen LogP contribution in [0.15, 0.2) is 53.3 Å². The number of halogens is 2. The first kappa shape index (κ1) is 13.3. The van der Waals surface area contributed by atoms with Crippen LogP contribution in [0, 0.1) is 0 Å². The highest BCUT2D eigenvalue weighted by Gasteiger charge is 2.05. The predicted molar refractivity (Wildman–Crippen MR) is 86.0 cm³/mol. The van der Waals surface area contributed by atoms with Gasteiger partial charge in [-0.1, -0.05) is 29.8 Å². The summed E-state index contributed by atoms with van der Waals surface area (Å²) in [4.78, 5) is 8.45. The van der Waals surface area contributed by atoms with Crippen LogP contribution in [-0.2, 0) is 6.54 Å². The lowest BCUT2D eigenvalue weighted by molar-refractivity contribution is 1.14. The Labute approximate surface area is 130 Å². The van der Waals surface area contributed by atoms with E-state index in [2.05, 4.69) is 37.3 Å². The Kier molecular flexibility index (Phi) is 3.85. The minimum atomic E-state index is 0.464. The van der Waals surface area contributed by atoms with Crippen LogP contribution in [0.5, 0.6) is 0 Å². The molecule has 0 atom stereocenters. The molecular weight excluding hydrogens is 338 g/mol. The largest absolute Gasteiger partial charge is 0.378 e. The van der Waals surface area contributed by atoms with Crippen LogP contribution < -0.4 is 5.32 Å². The van der Waals surface area contributed by atoms with Crippen molar-refractivity contribution in [1.29, 1.82) is 0 Å². The Morgan fingerprint density at radius 3 is 2.90 bits per heavy atom. The topological polar surface area (TPSA) is 37.8 Å². The SMILES string of the molecule is Clc1ncc(Br)cc1NCc1ccnc2ccccc12. The molecule has 0 aliphatic heterocycles. The van der Waals surface area contributed by atoms with E-state index in [9.17, 15) is 0 Å². The maximum atomic E-state index is 6.07. The molecule has 5 heteroatoms. The monoisotopic (exact) mass is 347 g/mol. The van der Waals surface area contributed by atoms with Gasteiger partial charge in [0.25, 0.3) is 0 Å². The number of hydrogen-bond donors (Lipinski definition) is 1. The number of benzene rings is 1. The first-order valence-electron chi connectivity index (χ1n) is 6.11. The summed E-state index contributed by atoms with van der Waals surface area (Å²) in [6.45, 7) is 0.668. The lowest BCUT2D eigenvalue weighted by atomic mass is 10.1. The van der Waals surface area contributed by atoms with Crippen molar-refractivity contribution in [3.63, 3.8) is 0 Å². The highest BCUT2D eigenvalue weighted by atomic mass is 79.9. The lowest BCUT2D eigenvalue weighted by Gasteiger charge is -2.10. The van der Waals surface area contributed by atoms with Gasteiger partial charge >= 0.3 is 0 Å². The molecule has 100 valence electrons. The van der Waals surface area contributed by atoms with Gasteiger partial charge < -0.3 is 5.32 Å². The zero-order valence-electron chi connectivity index (χ0n) is 10.5. The second-order valence-corrected chi connectivity index (χ2v) is 5.61. The summed E-state index contributed by atoms with van der Waals surface area (Å²) in [5.41, 5.74) is 2.97. The second kappa shape index (κ2) is 5.77. The Morgan fingerprint density at radius 2 is 2.00 bits per heavy atom. The number of hydrogen-bond acceptors (Lipinski definition) is 3. The smallest absolute Gasteiger partial charge is 0.152 e. The summed E-state index contributed by atoms with van der Waals surface area (Å²) in [5.74, 6) is 0. The number of anilines is 1. The van der Waals surface area contributed by atoms with Gasteiger partial charge in [-0.05, 0) is 39.7 Å². The molecule has 2 aromatic heterocycles. The highest BCUT2D eigenvalue weighted by Crippen LogP contribution is 2.24. The van der Waals surface area contributed by atoms with Gasteiger partial charge in [0.2, 0.25) is 0 Å². The number of para-hydroxylation sites is 1. The van der Waals surface area contributed by atoms with E-state index in [4.69, 9.17) is 11.6 Å². The Balaban J connectivity index is 1.89. The summed E-state index contributed by atoms with van der Waals surface area (Å²) in [5, 5.41) is 4.91.